The van der Waals surface area contributed by atoms with Gasteiger partial charge in [-0.15, -0.1) is 0 Å². The molecule has 0 saturated heterocycles. The second kappa shape index (κ2) is 53.7. The average Bonchev–Trinajstić information content (AvgIpc) is 3.31. The van der Waals surface area contributed by atoms with E-state index in [1.54, 1.807) is 0 Å². The predicted octanol–water partition coefficient (Wildman–Crippen LogP) is 17.9. The summed E-state index contributed by atoms with van der Waals surface area (Å²) in [5.41, 5.74) is 0. The standard InChI is InChI=1S/C60H98O6/c1-4-7-10-13-16-19-22-25-28-30-32-35-38-41-44-47-50-53-59(62)65-56-57(55-64-58(61)52-49-46-43-40-37-34-27-24-21-18-15-12-9-6-3)66-60(63)54-51-48-45-42-39-36-33-31-29-26-23-20-17-14-11-8-5-2/h7,9-10,12,16-21,25-26,28-29,32,35,41,44,57H,4-6,8,11,13-15,22-24,27,30-31,33-34,36-40,42-43,45-56H2,1-3H3/b10-7-,12-9-,19-16-,20-17-,21-18-,28-25-,29-26-,35-32-,44-41-. The van der Waals surface area contributed by atoms with Crippen molar-refractivity contribution in [3.05, 3.63) is 109 Å². The Balaban J connectivity index is 4.51. The van der Waals surface area contributed by atoms with E-state index in [0.29, 0.717) is 19.3 Å². The molecule has 0 rings (SSSR count). The van der Waals surface area contributed by atoms with Gasteiger partial charge in [-0.1, -0.05) is 207 Å². The second-order valence-corrected chi connectivity index (χ2v) is 17.4. The number of carbonyl (C=O) groups is 3. The van der Waals surface area contributed by atoms with Crippen molar-refractivity contribution >= 4 is 17.9 Å². The molecule has 0 saturated carbocycles. The third-order valence-electron chi connectivity index (χ3n) is 11.0. The van der Waals surface area contributed by atoms with Gasteiger partial charge in [-0.3, -0.25) is 14.4 Å². The van der Waals surface area contributed by atoms with Gasteiger partial charge in [0.1, 0.15) is 13.2 Å². The molecule has 0 heterocycles. The topological polar surface area (TPSA) is 78.9 Å². The van der Waals surface area contributed by atoms with Crippen molar-refractivity contribution in [2.24, 2.45) is 0 Å². The lowest BCUT2D eigenvalue weighted by Crippen LogP contribution is -2.30. The third kappa shape index (κ3) is 51.1. The average molecular weight is 915 g/mol. The number of hydrogen-bond acceptors (Lipinski definition) is 6. The van der Waals surface area contributed by atoms with Gasteiger partial charge in [-0.25, -0.2) is 0 Å². The summed E-state index contributed by atoms with van der Waals surface area (Å²) in [6.07, 6.45) is 72.2. The first kappa shape index (κ1) is 62.1. The number of hydrogen-bond donors (Lipinski definition) is 0. The van der Waals surface area contributed by atoms with Crippen molar-refractivity contribution in [1.29, 1.82) is 0 Å². The molecule has 66 heavy (non-hydrogen) atoms. The maximum absolute atomic E-state index is 12.8. The van der Waals surface area contributed by atoms with Crippen molar-refractivity contribution in [3.63, 3.8) is 0 Å². The van der Waals surface area contributed by atoms with Crippen molar-refractivity contribution < 1.29 is 28.6 Å². The molecule has 0 aliphatic carbocycles. The van der Waals surface area contributed by atoms with Crippen LogP contribution in [0.4, 0.5) is 0 Å². The van der Waals surface area contributed by atoms with Crippen molar-refractivity contribution in [2.45, 2.75) is 239 Å². The summed E-state index contributed by atoms with van der Waals surface area (Å²) in [7, 11) is 0. The quantitative estimate of drug-likeness (QED) is 0.0262. The summed E-state index contributed by atoms with van der Waals surface area (Å²) < 4.78 is 16.8. The molecule has 0 radical (unpaired) electrons. The predicted molar refractivity (Wildman–Crippen MR) is 283 cm³/mol. The lowest BCUT2D eigenvalue weighted by atomic mass is 10.1. The zero-order valence-electron chi connectivity index (χ0n) is 42.7. The van der Waals surface area contributed by atoms with Gasteiger partial charge in [0, 0.05) is 19.3 Å². The monoisotopic (exact) mass is 915 g/mol. The number of unbranched alkanes of at least 4 members (excludes halogenated alkanes) is 18. The van der Waals surface area contributed by atoms with Crippen LogP contribution in [0.5, 0.6) is 0 Å². The van der Waals surface area contributed by atoms with Crippen LogP contribution in [0.25, 0.3) is 0 Å². The molecule has 0 aromatic carbocycles. The van der Waals surface area contributed by atoms with Gasteiger partial charge in [-0.2, -0.15) is 0 Å². The summed E-state index contributed by atoms with van der Waals surface area (Å²) >= 11 is 0. The van der Waals surface area contributed by atoms with Crippen LogP contribution >= 0.6 is 0 Å². The zero-order chi connectivity index (χ0) is 47.9. The van der Waals surface area contributed by atoms with E-state index in [1.807, 2.05) is 0 Å². The van der Waals surface area contributed by atoms with Crippen molar-refractivity contribution in [3.8, 4) is 0 Å². The Bertz CT molecular complexity index is 1370. The summed E-state index contributed by atoms with van der Waals surface area (Å²) in [5.74, 6) is -0.984. The Morgan fingerprint density at radius 3 is 0.985 bits per heavy atom. The van der Waals surface area contributed by atoms with Crippen LogP contribution in [0.1, 0.15) is 233 Å². The summed E-state index contributed by atoms with van der Waals surface area (Å²) in [5, 5.41) is 0. The Morgan fingerprint density at radius 1 is 0.318 bits per heavy atom. The normalized spacial score (nSPS) is 13.0. The molecule has 0 aliphatic heterocycles. The van der Waals surface area contributed by atoms with Gasteiger partial charge >= 0.3 is 17.9 Å². The van der Waals surface area contributed by atoms with E-state index in [1.165, 1.54) is 77.0 Å². The maximum atomic E-state index is 12.8. The number of rotatable bonds is 47. The van der Waals surface area contributed by atoms with Gasteiger partial charge < -0.3 is 14.2 Å². The lowest BCUT2D eigenvalue weighted by molar-refractivity contribution is -0.167. The zero-order valence-corrected chi connectivity index (χ0v) is 42.7. The summed E-state index contributed by atoms with van der Waals surface area (Å²) in [6.45, 7) is 6.32. The number of carbonyl (C=O) groups excluding carboxylic acids is 3. The molecule has 6 nitrogen and oxygen atoms in total. The Morgan fingerprint density at radius 2 is 0.606 bits per heavy atom. The molecule has 1 unspecified atom stereocenters. The molecule has 374 valence electrons. The highest BCUT2D eigenvalue weighted by Crippen LogP contribution is 2.14. The molecule has 0 amide bonds. The smallest absolute Gasteiger partial charge is 0.306 e. The van der Waals surface area contributed by atoms with Gasteiger partial charge in [0.25, 0.3) is 0 Å². The van der Waals surface area contributed by atoms with E-state index in [4.69, 9.17) is 14.2 Å². The maximum Gasteiger partial charge on any atom is 0.306 e. The number of ether oxygens (including phenoxy) is 3. The highest BCUT2D eigenvalue weighted by atomic mass is 16.6. The number of allylic oxidation sites excluding steroid dienone is 18. The molecular weight excluding hydrogens is 817 g/mol. The largest absolute Gasteiger partial charge is 0.462 e. The molecule has 0 spiro atoms. The molecule has 0 aromatic heterocycles. The Hall–Kier alpha value is -3.93. The minimum Gasteiger partial charge on any atom is -0.462 e. The fourth-order valence-electron chi connectivity index (χ4n) is 7.02. The molecular formula is C60H98O6. The van der Waals surface area contributed by atoms with Gasteiger partial charge in [0.2, 0.25) is 0 Å². The van der Waals surface area contributed by atoms with Crippen LogP contribution < -0.4 is 0 Å². The Labute approximate surface area is 406 Å². The Kier molecular flexibility index (Phi) is 50.5. The molecule has 6 heteroatoms. The molecule has 0 aromatic rings. The highest BCUT2D eigenvalue weighted by molar-refractivity contribution is 5.71. The fourth-order valence-corrected chi connectivity index (χ4v) is 7.02. The molecule has 0 aliphatic rings. The summed E-state index contributed by atoms with van der Waals surface area (Å²) in [4.78, 5) is 38.1. The van der Waals surface area contributed by atoms with Gasteiger partial charge in [0.15, 0.2) is 6.10 Å². The first-order valence-corrected chi connectivity index (χ1v) is 26.9. The van der Waals surface area contributed by atoms with E-state index in [2.05, 4.69) is 130 Å². The first-order valence-electron chi connectivity index (χ1n) is 26.9. The van der Waals surface area contributed by atoms with E-state index >= 15 is 0 Å². The molecule has 0 N–H and O–H groups in total. The molecule has 1 atom stereocenters. The van der Waals surface area contributed by atoms with Gasteiger partial charge in [0.05, 0.1) is 0 Å². The van der Waals surface area contributed by atoms with Crippen molar-refractivity contribution in [2.75, 3.05) is 13.2 Å². The van der Waals surface area contributed by atoms with Gasteiger partial charge in [-0.05, 0) is 116 Å². The third-order valence-corrected chi connectivity index (χ3v) is 11.0. The second-order valence-electron chi connectivity index (χ2n) is 17.4. The number of esters is 3. The highest BCUT2D eigenvalue weighted by Gasteiger charge is 2.19. The van der Waals surface area contributed by atoms with Crippen LogP contribution in [-0.2, 0) is 28.6 Å². The van der Waals surface area contributed by atoms with E-state index in [0.717, 1.165) is 109 Å². The fraction of sp³-hybridized carbons (Fsp3) is 0.650. The minimum absolute atomic E-state index is 0.105. The van der Waals surface area contributed by atoms with Crippen LogP contribution in [0.3, 0.4) is 0 Å². The summed E-state index contributed by atoms with van der Waals surface area (Å²) in [6, 6.07) is 0. The van der Waals surface area contributed by atoms with Crippen LogP contribution in [0.15, 0.2) is 109 Å². The minimum atomic E-state index is -0.810. The molecule has 0 bridgehead atoms. The van der Waals surface area contributed by atoms with E-state index in [9.17, 15) is 14.4 Å². The van der Waals surface area contributed by atoms with Crippen LogP contribution in [0, 0.1) is 0 Å². The molecule has 0 fully saturated rings. The van der Waals surface area contributed by atoms with Crippen molar-refractivity contribution in [1.82, 2.24) is 0 Å². The first-order chi connectivity index (χ1) is 32.5. The van der Waals surface area contributed by atoms with Crippen LogP contribution in [0.2, 0.25) is 0 Å². The van der Waals surface area contributed by atoms with E-state index < -0.39 is 6.10 Å². The lowest BCUT2D eigenvalue weighted by Gasteiger charge is -2.18. The SMILES string of the molecule is CC/C=C\C/C=C\C/C=C\C/C=C\C/C=C\CCCC(=O)OCC(COC(=O)CCCCCCCCC/C=C\C/C=C\CC)OC(=O)CCCCCCCCC/C=C\C/C=C\CCCCC. The van der Waals surface area contributed by atoms with Crippen LogP contribution in [-0.4, -0.2) is 37.2 Å². The van der Waals surface area contributed by atoms with E-state index in [-0.39, 0.29) is 37.5 Å².